The second-order valence-electron chi connectivity index (χ2n) is 4.16. The highest BCUT2D eigenvalue weighted by Crippen LogP contribution is 2.26. The number of amides is 1. The summed E-state index contributed by atoms with van der Waals surface area (Å²) in [5.41, 5.74) is 1.49. The van der Waals surface area contributed by atoms with Crippen LogP contribution in [-0.2, 0) is 0 Å². The number of aryl methyl sites for hydroxylation is 1. The maximum atomic E-state index is 13.5. The molecule has 0 atom stereocenters. The minimum absolute atomic E-state index is 0.326. The molecule has 0 unspecified atom stereocenters. The lowest BCUT2D eigenvalue weighted by Gasteiger charge is -2.10. The SMILES string of the molecule is Cc1cc(Br)c(F)cc1NC(=O)c1ccc(Br)cc1Cl. The van der Waals surface area contributed by atoms with E-state index >= 15 is 0 Å². The molecule has 1 amide bonds. The zero-order chi connectivity index (χ0) is 14.9. The zero-order valence-electron chi connectivity index (χ0n) is 10.3. The Morgan fingerprint density at radius 2 is 1.95 bits per heavy atom. The van der Waals surface area contributed by atoms with Crippen LogP contribution in [0.1, 0.15) is 15.9 Å². The molecule has 0 spiro atoms. The minimum atomic E-state index is -0.437. The maximum Gasteiger partial charge on any atom is 0.257 e. The molecule has 0 aliphatic rings. The number of hydrogen-bond acceptors (Lipinski definition) is 1. The van der Waals surface area contributed by atoms with Crippen LogP contribution in [0.15, 0.2) is 39.3 Å². The third kappa shape index (κ3) is 3.40. The van der Waals surface area contributed by atoms with E-state index in [0.29, 0.717) is 20.7 Å². The highest BCUT2D eigenvalue weighted by Gasteiger charge is 2.13. The van der Waals surface area contributed by atoms with Gasteiger partial charge in [-0.2, -0.15) is 0 Å². The summed E-state index contributed by atoms with van der Waals surface area (Å²) in [6.45, 7) is 1.78. The van der Waals surface area contributed by atoms with E-state index in [9.17, 15) is 9.18 Å². The topological polar surface area (TPSA) is 29.1 Å². The summed E-state index contributed by atoms with van der Waals surface area (Å²) >= 11 is 12.4. The molecule has 0 radical (unpaired) electrons. The molecule has 2 nitrogen and oxygen atoms in total. The van der Waals surface area contributed by atoms with Crippen molar-refractivity contribution in [3.05, 3.63) is 61.2 Å². The van der Waals surface area contributed by atoms with Gasteiger partial charge in [-0.15, -0.1) is 0 Å². The summed E-state index contributed by atoms with van der Waals surface area (Å²) in [6, 6.07) is 7.83. The van der Waals surface area contributed by atoms with E-state index in [0.717, 1.165) is 10.0 Å². The molecule has 0 bridgehead atoms. The van der Waals surface area contributed by atoms with Crippen molar-refractivity contribution in [1.82, 2.24) is 0 Å². The summed E-state index contributed by atoms with van der Waals surface area (Å²) in [4.78, 5) is 12.1. The molecule has 104 valence electrons. The molecule has 1 N–H and O–H groups in total. The van der Waals surface area contributed by atoms with Crippen LogP contribution in [0.3, 0.4) is 0 Å². The summed E-state index contributed by atoms with van der Waals surface area (Å²) in [6.07, 6.45) is 0. The molecule has 2 aromatic rings. The fraction of sp³-hybridized carbons (Fsp3) is 0.0714. The van der Waals surface area contributed by atoms with E-state index in [1.807, 2.05) is 0 Å². The number of hydrogen-bond donors (Lipinski definition) is 1. The van der Waals surface area contributed by atoms with Crippen molar-refractivity contribution in [2.45, 2.75) is 6.92 Å². The molecule has 2 aromatic carbocycles. The van der Waals surface area contributed by atoms with E-state index in [4.69, 9.17) is 11.6 Å². The van der Waals surface area contributed by atoms with Crippen LogP contribution >= 0.6 is 43.5 Å². The normalized spacial score (nSPS) is 10.4. The lowest BCUT2D eigenvalue weighted by atomic mass is 10.1. The smallest absolute Gasteiger partial charge is 0.257 e. The fourth-order valence-electron chi connectivity index (χ4n) is 1.64. The second-order valence-corrected chi connectivity index (χ2v) is 6.34. The number of rotatable bonds is 2. The van der Waals surface area contributed by atoms with Gasteiger partial charge in [0.25, 0.3) is 5.91 Å². The summed E-state index contributed by atoms with van der Waals surface area (Å²) < 4.78 is 14.7. The van der Waals surface area contributed by atoms with Crippen molar-refractivity contribution in [3.8, 4) is 0 Å². The zero-order valence-corrected chi connectivity index (χ0v) is 14.2. The molecule has 0 aliphatic heterocycles. The molecule has 0 saturated carbocycles. The quantitative estimate of drug-likeness (QED) is 0.675. The highest BCUT2D eigenvalue weighted by atomic mass is 79.9. The van der Waals surface area contributed by atoms with Gasteiger partial charge in [0.15, 0.2) is 0 Å². The van der Waals surface area contributed by atoms with E-state index < -0.39 is 5.82 Å². The lowest BCUT2D eigenvalue weighted by Crippen LogP contribution is -2.13. The number of benzene rings is 2. The summed E-state index contributed by atoms with van der Waals surface area (Å²) in [5, 5.41) is 2.98. The molecular formula is C14H9Br2ClFNO. The Morgan fingerprint density at radius 3 is 2.60 bits per heavy atom. The molecule has 0 saturated heterocycles. The van der Waals surface area contributed by atoms with E-state index in [1.54, 1.807) is 31.2 Å². The van der Waals surface area contributed by atoms with Crippen molar-refractivity contribution in [2.24, 2.45) is 0 Å². The maximum absolute atomic E-state index is 13.5. The van der Waals surface area contributed by atoms with Crippen LogP contribution in [-0.4, -0.2) is 5.91 Å². The Balaban J connectivity index is 2.30. The first kappa shape index (κ1) is 15.5. The van der Waals surface area contributed by atoms with Gasteiger partial charge in [-0.25, -0.2) is 4.39 Å². The van der Waals surface area contributed by atoms with Crippen molar-refractivity contribution in [2.75, 3.05) is 5.32 Å². The van der Waals surface area contributed by atoms with E-state index in [2.05, 4.69) is 37.2 Å². The lowest BCUT2D eigenvalue weighted by molar-refractivity contribution is 0.102. The molecule has 0 heterocycles. The van der Waals surface area contributed by atoms with Crippen molar-refractivity contribution >= 4 is 55.1 Å². The van der Waals surface area contributed by atoms with Crippen LogP contribution in [0.5, 0.6) is 0 Å². The molecule has 0 aliphatic carbocycles. The Morgan fingerprint density at radius 1 is 1.25 bits per heavy atom. The monoisotopic (exact) mass is 419 g/mol. The van der Waals surface area contributed by atoms with Gasteiger partial charge >= 0.3 is 0 Å². The number of halogens is 4. The Labute approximate surface area is 137 Å². The van der Waals surface area contributed by atoms with Gasteiger partial charge < -0.3 is 5.32 Å². The first-order valence-electron chi connectivity index (χ1n) is 5.60. The van der Waals surface area contributed by atoms with Crippen molar-refractivity contribution < 1.29 is 9.18 Å². The Kier molecular flexibility index (Phi) is 4.83. The summed E-state index contributed by atoms with van der Waals surface area (Å²) in [7, 11) is 0. The standard InChI is InChI=1S/C14H9Br2ClFNO/c1-7-4-10(16)12(18)6-13(7)19-14(20)9-3-2-8(15)5-11(9)17/h2-6H,1H3,(H,19,20). The van der Waals surface area contributed by atoms with Crippen LogP contribution in [0.4, 0.5) is 10.1 Å². The Bertz CT molecular complexity index is 691. The number of anilines is 1. The second kappa shape index (κ2) is 6.24. The van der Waals surface area contributed by atoms with Gasteiger partial charge in [-0.3, -0.25) is 4.79 Å². The van der Waals surface area contributed by atoms with Gasteiger partial charge in [0.1, 0.15) is 5.82 Å². The van der Waals surface area contributed by atoms with E-state index in [-0.39, 0.29) is 5.91 Å². The number of carbonyl (C=O) groups is 1. The fourth-order valence-corrected chi connectivity index (χ4v) is 2.86. The largest absolute Gasteiger partial charge is 0.322 e. The number of carbonyl (C=O) groups excluding carboxylic acids is 1. The van der Waals surface area contributed by atoms with Crippen molar-refractivity contribution in [1.29, 1.82) is 0 Å². The predicted octanol–water partition coefficient (Wildman–Crippen LogP) is 5.56. The third-order valence-electron chi connectivity index (χ3n) is 2.69. The number of nitrogens with one attached hydrogen (secondary N) is 1. The van der Waals surface area contributed by atoms with Gasteiger partial charge in [0, 0.05) is 10.2 Å². The first-order chi connectivity index (χ1) is 9.38. The average Bonchev–Trinajstić information content (AvgIpc) is 2.35. The van der Waals surface area contributed by atoms with Gasteiger partial charge in [-0.05, 0) is 58.7 Å². The van der Waals surface area contributed by atoms with Gasteiger partial charge in [0.2, 0.25) is 0 Å². The van der Waals surface area contributed by atoms with Crippen molar-refractivity contribution in [3.63, 3.8) is 0 Å². The van der Waals surface area contributed by atoms with Crippen LogP contribution in [0.2, 0.25) is 5.02 Å². The molecular weight excluding hydrogens is 412 g/mol. The minimum Gasteiger partial charge on any atom is -0.322 e. The molecule has 6 heteroatoms. The molecule has 2 rings (SSSR count). The van der Waals surface area contributed by atoms with Gasteiger partial charge in [-0.1, -0.05) is 27.5 Å². The predicted molar refractivity (Wildman–Crippen MR) is 85.9 cm³/mol. The van der Waals surface area contributed by atoms with Crippen LogP contribution < -0.4 is 5.32 Å². The van der Waals surface area contributed by atoms with Gasteiger partial charge in [0.05, 0.1) is 15.1 Å². The van der Waals surface area contributed by atoms with Crippen LogP contribution in [0, 0.1) is 12.7 Å². The average molecular weight is 421 g/mol. The van der Waals surface area contributed by atoms with E-state index in [1.165, 1.54) is 6.07 Å². The Hall–Kier alpha value is -0.910. The summed E-state index contributed by atoms with van der Waals surface area (Å²) in [5.74, 6) is -0.819. The molecule has 20 heavy (non-hydrogen) atoms. The molecule has 0 fully saturated rings. The van der Waals surface area contributed by atoms with Crippen LogP contribution in [0.25, 0.3) is 0 Å². The first-order valence-corrected chi connectivity index (χ1v) is 7.57. The highest BCUT2D eigenvalue weighted by molar-refractivity contribution is 9.10. The third-order valence-corrected chi connectivity index (χ3v) is 4.10. The molecule has 0 aromatic heterocycles.